The van der Waals surface area contributed by atoms with E-state index < -0.39 is 0 Å². The van der Waals surface area contributed by atoms with Gasteiger partial charge in [0.1, 0.15) is 0 Å². The minimum Gasteiger partial charge on any atom is -0.355 e. The molecule has 3 heterocycles. The molecule has 19 heavy (non-hydrogen) atoms. The first-order valence-corrected chi connectivity index (χ1v) is 6.56. The Morgan fingerprint density at radius 3 is 2.63 bits per heavy atom. The van der Waals surface area contributed by atoms with Crippen LogP contribution >= 0.6 is 0 Å². The fraction of sp³-hybridized carbons (Fsp3) is 0.357. The van der Waals surface area contributed by atoms with E-state index in [1.807, 2.05) is 24.3 Å². The second kappa shape index (κ2) is 5.32. The molecule has 2 N–H and O–H groups in total. The Hall–Kier alpha value is -2.01. The van der Waals surface area contributed by atoms with Gasteiger partial charge in [0.25, 0.3) is 0 Å². The molecule has 1 fully saturated rings. The molecule has 1 atom stereocenters. The van der Waals surface area contributed by atoms with Crippen molar-refractivity contribution in [3.63, 3.8) is 0 Å². The van der Waals surface area contributed by atoms with Crippen molar-refractivity contribution in [1.82, 2.24) is 15.2 Å². The Bertz CT molecular complexity index is 525. The maximum atomic E-state index is 5.71. The summed E-state index contributed by atoms with van der Waals surface area (Å²) in [6.45, 7) is 2.75. The molecule has 1 unspecified atom stereocenters. The summed E-state index contributed by atoms with van der Waals surface area (Å²) in [5.74, 6) is 1.52. The molecule has 0 bridgehead atoms. The van der Waals surface area contributed by atoms with Crippen molar-refractivity contribution in [2.45, 2.75) is 6.42 Å². The van der Waals surface area contributed by atoms with E-state index >= 15 is 0 Å². The highest BCUT2D eigenvalue weighted by Crippen LogP contribution is 2.22. The summed E-state index contributed by atoms with van der Waals surface area (Å²) in [5, 5.41) is 8.61. The first-order valence-electron chi connectivity index (χ1n) is 6.56. The molecule has 2 aromatic rings. The van der Waals surface area contributed by atoms with Gasteiger partial charge in [-0.1, -0.05) is 0 Å². The molecule has 1 aliphatic rings. The number of anilines is 1. The topological polar surface area (TPSA) is 67.9 Å². The summed E-state index contributed by atoms with van der Waals surface area (Å²) in [7, 11) is 0. The average molecular weight is 255 g/mol. The van der Waals surface area contributed by atoms with Crippen LogP contribution in [0.1, 0.15) is 6.42 Å². The maximum absolute atomic E-state index is 5.71. The molecular formula is C14H17N5. The van der Waals surface area contributed by atoms with Gasteiger partial charge in [0.05, 0.1) is 5.69 Å². The maximum Gasteiger partial charge on any atom is 0.151 e. The van der Waals surface area contributed by atoms with Gasteiger partial charge in [-0.2, -0.15) is 0 Å². The third-order valence-corrected chi connectivity index (χ3v) is 3.57. The van der Waals surface area contributed by atoms with Crippen LogP contribution in [0.15, 0.2) is 36.7 Å². The lowest BCUT2D eigenvalue weighted by atomic mass is 10.1. The normalized spacial score (nSPS) is 18.8. The van der Waals surface area contributed by atoms with Gasteiger partial charge in [0.2, 0.25) is 0 Å². The van der Waals surface area contributed by atoms with Crippen LogP contribution < -0.4 is 10.6 Å². The molecule has 0 spiro atoms. The molecule has 5 heteroatoms. The minimum atomic E-state index is 0.585. The fourth-order valence-electron chi connectivity index (χ4n) is 2.40. The zero-order valence-corrected chi connectivity index (χ0v) is 10.7. The molecule has 0 aromatic carbocycles. The van der Waals surface area contributed by atoms with Gasteiger partial charge in [-0.25, -0.2) is 0 Å². The highest BCUT2D eigenvalue weighted by Gasteiger charge is 2.22. The molecule has 98 valence electrons. The van der Waals surface area contributed by atoms with E-state index in [1.165, 1.54) is 0 Å². The molecule has 0 radical (unpaired) electrons. The molecule has 0 amide bonds. The molecule has 1 aliphatic heterocycles. The van der Waals surface area contributed by atoms with Crippen molar-refractivity contribution >= 4 is 5.82 Å². The highest BCUT2D eigenvalue weighted by molar-refractivity contribution is 5.58. The van der Waals surface area contributed by atoms with Crippen LogP contribution in [0.25, 0.3) is 11.3 Å². The van der Waals surface area contributed by atoms with E-state index in [-0.39, 0.29) is 0 Å². The number of rotatable bonds is 3. The zero-order chi connectivity index (χ0) is 13.1. The van der Waals surface area contributed by atoms with Crippen molar-refractivity contribution in [1.29, 1.82) is 0 Å². The Morgan fingerprint density at radius 1 is 1.16 bits per heavy atom. The Kier molecular flexibility index (Phi) is 3.37. The minimum absolute atomic E-state index is 0.585. The van der Waals surface area contributed by atoms with Crippen molar-refractivity contribution in [2.24, 2.45) is 11.7 Å². The lowest BCUT2D eigenvalue weighted by molar-refractivity contribution is 0.602. The second-order valence-electron chi connectivity index (χ2n) is 4.85. The van der Waals surface area contributed by atoms with Crippen LogP contribution in [-0.2, 0) is 0 Å². The van der Waals surface area contributed by atoms with Gasteiger partial charge in [-0.3, -0.25) is 4.98 Å². The monoisotopic (exact) mass is 255 g/mol. The summed E-state index contributed by atoms with van der Waals surface area (Å²) in [6.07, 6.45) is 4.67. The first-order chi connectivity index (χ1) is 9.36. The number of aromatic nitrogens is 3. The molecule has 3 rings (SSSR count). The summed E-state index contributed by atoms with van der Waals surface area (Å²) < 4.78 is 0. The Labute approximate surface area is 112 Å². The molecular weight excluding hydrogens is 238 g/mol. The van der Waals surface area contributed by atoms with Gasteiger partial charge in [-0.05, 0) is 43.1 Å². The van der Waals surface area contributed by atoms with Gasteiger partial charge in [0, 0.05) is 31.0 Å². The van der Waals surface area contributed by atoms with Gasteiger partial charge in [0.15, 0.2) is 5.82 Å². The lowest BCUT2D eigenvalue weighted by Crippen LogP contribution is -2.23. The van der Waals surface area contributed by atoms with E-state index in [0.29, 0.717) is 5.92 Å². The predicted molar refractivity (Wildman–Crippen MR) is 74.6 cm³/mol. The van der Waals surface area contributed by atoms with Crippen LogP contribution in [0.2, 0.25) is 0 Å². The Morgan fingerprint density at radius 2 is 2.00 bits per heavy atom. The number of nitrogens with two attached hydrogens (primary N) is 1. The number of nitrogens with zero attached hydrogens (tertiary/aromatic N) is 4. The van der Waals surface area contributed by atoms with E-state index in [0.717, 1.165) is 43.1 Å². The summed E-state index contributed by atoms with van der Waals surface area (Å²) in [5.41, 5.74) is 7.62. The van der Waals surface area contributed by atoms with Crippen LogP contribution in [-0.4, -0.2) is 34.8 Å². The van der Waals surface area contributed by atoms with E-state index in [9.17, 15) is 0 Å². The number of hydrogen-bond acceptors (Lipinski definition) is 5. The second-order valence-corrected chi connectivity index (χ2v) is 4.85. The van der Waals surface area contributed by atoms with Crippen LogP contribution in [0.5, 0.6) is 0 Å². The van der Waals surface area contributed by atoms with Crippen molar-refractivity contribution in [2.75, 3.05) is 24.5 Å². The van der Waals surface area contributed by atoms with Crippen molar-refractivity contribution < 1.29 is 0 Å². The zero-order valence-electron chi connectivity index (χ0n) is 10.7. The molecule has 5 nitrogen and oxygen atoms in total. The Balaban J connectivity index is 1.76. The van der Waals surface area contributed by atoms with E-state index in [1.54, 1.807) is 12.4 Å². The SMILES string of the molecule is NCC1CCN(c2ccc(-c3ccncc3)nn2)C1. The number of pyridine rings is 1. The number of hydrogen-bond donors (Lipinski definition) is 1. The van der Waals surface area contributed by atoms with Crippen molar-refractivity contribution in [3.8, 4) is 11.3 Å². The van der Waals surface area contributed by atoms with E-state index in [4.69, 9.17) is 5.73 Å². The third kappa shape index (κ3) is 2.56. The smallest absolute Gasteiger partial charge is 0.151 e. The molecule has 0 saturated carbocycles. The molecule has 0 aliphatic carbocycles. The summed E-state index contributed by atoms with van der Waals surface area (Å²) >= 11 is 0. The quantitative estimate of drug-likeness (QED) is 0.896. The summed E-state index contributed by atoms with van der Waals surface area (Å²) in [4.78, 5) is 6.25. The standard InChI is InChI=1S/C14H17N5/c15-9-11-5-8-19(10-11)14-2-1-13(17-18-14)12-3-6-16-7-4-12/h1-4,6-7,11H,5,8-10,15H2. The average Bonchev–Trinajstić information content (AvgIpc) is 2.97. The summed E-state index contributed by atoms with van der Waals surface area (Å²) in [6, 6.07) is 7.91. The van der Waals surface area contributed by atoms with Crippen LogP contribution in [0.4, 0.5) is 5.82 Å². The van der Waals surface area contributed by atoms with Crippen LogP contribution in [0, 0.1) is 5.92 Å². The first kappa shape index (κ1) is 12.0. The van der Waals surface area contributed by atoms with Gasteiger partial charge in [-0.15, -0.1) is 10.2 Å². The largest absolute Gasteiger partial charge is 0.355 e. The third-order valence-electron chi connectivity index (χ3n) is 3.57. The lowest BCUT2D eigenvalue weighted by Gasteiger charge is -2.16. The molecule has 2 aromatic heterocycles. The van der Waals surface area contributed by atoms with Gasteiger partial charge >= 0.3 is 0 Å². The van der Waals surface area contributed by atoms with Gasteiger partial charge < -0.3 is 10.6 Å². The predicted octanol–water partition coefficient (Wildman–Crippen LogP) is 1.32. The molecule has 1 saturated heterocycles. The highest BCUT2D eigenvalue weighted by atomic mass is 15.3. The van der Waals surface area contributed by atoms with Crippen LogP contribution in [0.3, 0.4) is 0 Å². The fourth-order valence-corrected chi connectivity index (χ4v) is 2.40. The van der Waals surface area contributed by atoms with E-state index in [2.05, 4.69) is 20.1 Å². The van der Waals surface area contributed by atoms with Crippen molar-refractivity contribution in [3.05, 3.63) is 36.7 Å².